The summed E-state index contributed by atoms with van der Waals surface area (Å²) in [5.41, 5.74) is 6.37. The van der Waals surface area contributed by atoms with Gasteiger partial charge in [-0.3, -0.25) is 4.79 Å². The molecule has 1 saturated carbocycles. The summed E-state index contributed by atoms with van der Waals surface area (Å²) >= 11 is 5.95. The van der Waals surface area contributed by atoms with Gasteiger partial charge in [-0.1, -0.05) is 55.8 Å². The number of carbonyl (C=O) groups is 3. The van der Waals surface area contributed by atoms with Crippen LogP contribution in [0.5, 0.6) is 0 Å². The SMILES string of the molecule is C[C@H](NC(=O)[C@@H](CC1CCCCC1)NC(=O)N[C@@H](CCCCN)C(=O)O)c1ccc(Cl)cc1. The number of carboxylic acids is 1. The molecule has 184 valence electrons. The summed E-state index contributed by atoms with van der Waals surface area (Å²) in [6, 6.07) is 4.54. The Balaban J connectivity index is 2.03. The fourth-order valence-electron chi connectivity index (χ4n) is 4.24. The predicted octanol–water partition coefficient (Wildman–Crippen LogP) is 3.74. The summed E-state index contributed by atoms with van der Waals surface area (Å²) in [5, 5.41) is 18.3. The van der Waals surface area contributed by atoms with Crippen LogP contribution < -0.4 is 21.7 Å². The van der Waals surface area contributed by atoms with Crippen LogP contribution in [0.4, 0.5) is 4.79 Å². The lowest BCUT2D eigenvalue weighted by Gasteiger charge is -2.28. The smallest absolute Gasteiger partial charge is 0.326 e. The van der Waals surface area contributed by atoms with E-state index >= 15 is 0 Å². The molecule has 0 aromatic heterocycles. The standard InChI is InChI=1S/C24H37ClN4O4/c1-16(18-10-12-19(25)13-11-18)27-22(30)21(15-17-7-3-2-4-8-17)29-24(33)28-20(23(31)32)9-5-6-14-26/h10-13,16-17,20-21H,2-9,14-15,26H2,1H3,(H,27,30)(H,31,32)(H2,28,29,33)/t16-,20-,21+/m0/s1. The summed E-state index contributed by atoms with van der Waals surface area (Å²) in [7, 11) is 0. The van der Waals surface area contributed by atoms with Crippen LogP contribution in [0.2, 0.25) is 5.02 Å². The van der Waals surface area contributed by atoms with Gasteiger partial charge in [0.15, 0.2) is 0 Å². The number of carboxylic acid groups (broad SMARTS) is 1. The Hall–Kier alpha value is -2.32. The first-order valence-electron chi connectivity index (χ1n) is 11.9. The molecule has 1 aliphatic carbocycles. The second kappa shape index (κ2) is 14.1. The first-order chi connectivity index (χ1) is 15.8. The van der Waals surface area contributed by atoms with Crippen molar-refractivity contribution in [3.8, 4) is 0 Å². The number of hydrogen-bond acceptors (Lipinski definition) is 4. The van der Waals surface area contributed by atoms with E-state index in [9.17, 15) is 19.5 Å². The highest BCUT2D eigenvalue weighted by Crippen LogP contribution is 2.27. The molecule has 0 aliphatic heterocycles. The van der Waals surface area contributed by atoms with Crippen molar-refractivity contribution in [2.24, 2.45) is 11.7 Å². The number of benzene rings is 1. The molecule has 1 aromatic rings. The quantitative estimate of drug-likeness (QED) is 0.290. The molecule has 1 fully saturated rings. The number of unbranched alkanes of at least 4 members (excludes halogenated alkanes) is 1. The third kappa shape index (κ3) is 9.60. The molecule has 6 N–H and O–H groups in total. The third-order valence-electron chi connectivity index (χ3n) is 6.19. The normalized spacial score (nSPS) is 16.9. The minimum Gasteiger partial charge on any atom is -0.480 e. The Kier molecular flexibility index (Phi) is 11.5. The molecule has 1 aromatic carbocycles. The average Bonchev–Trinajstić information content (AvgIpc) is 2.79. The van der Waals surface area contributed by atoms with Crippen LogP contribution in [0.3, 0.4) is 0 Å². The molecule has 33 heavy (non-hydrogen) atoms. The van der Waals surface area contributed by atoms with E-state index in [-0.39, 0.29) is 18.4 Å². The largest absolute Gasteiger partial charge is 0.480 e. The lowest BCUT2D eigenvalue weighted by atomic mass is 9.84. The van der Waals surface area contributed by atoms with Gasteiger partial charge in [-0.25, -0.2) is 9.59 Å². The van der Waals surface area contributed by atoms with Gasteiger partial charge in [0.1, 0.15) is 12.1 Å². The van der Waals surface area contributed by atoms with Gasteiger partial charge in [0.05, 0.1) is 6.04 Å². The number of carbonyl (C=O) groups excluding carboxylic acids is 2. The van der Waals surface area contributed by atoms with Crippen LogP contribution in [0.15, 0.2) is 24.3 Å². The predicted molar refractivity (Wildman–Crippen MR) is 129 cm³/mol. The van der Waals surface area contributed by atoms with E-state index in [1.807, 2.05) is 19.1 Å². The fraction of sp³-hybridized carbons (Fsp3) is 0.625. The van der Waals surface area contributed by atoms with Gasteiger partial charge in [0, 0.05) is 5.02 Å². The van der Waals surface area contributed by atoms with Crippen LogP contribution in [-0.4, -0.2) is 41.6 Å². The molecule has 0 spiro atoms. The number of urea groups is 1. The van der Waals surface area contributed by atoms with Crippen molar-refractivity contribution in [1.29, 1.82) is 0 Å². The maximum atomic E-state index is 13.1. The zero-order valence-corrected chi connectivity index (χ0v) is 20.1. The number of hydrogen-bond donors (Lipinski definition) is 5. The van der Waals surface area contributed by atoms with Crippen molar-refractivity contribution >= 4 is 29.5 Å². The van der Waals surface area contributed by atoms with Gasteiger partial charge >= 0.3 is 12.0 Å². The van der Waals surface area contributed by atoms with Crippen molar-refractivity contribution in [3.63, 3.8) is 0 Å². The monoisotopic (exact) mass is 480 g/mol. The lowest BCUT2D eigenvalue weighted by Crippen LogP contribution is -2.54. The van der Waals surface area contributed by atoms with Crippen molar-refractivity contribution in [2.75, 3.05) is 6.54 Å². The number of aliphatic carboxylic acids is 1. The van der Waals surface area contributed by atoms with Crippen LogP contribution in [0.25, 0.3) is 0 Å². The molecular formula is C24H37ClN4O4. The van der Waals surface area contributed by atoms with E-state index < -0.39 is 24.1 Å². The number of nitrogens with one attached hydrogen (secondary N) is 3. The Morgan fingerprint density at radius 1 is 1.03 bits per heavy atom. The zero-order valence-electron chi connectivity index (χ0n) is 19.3. The maximum absolute atomic E-state index is 13.1. The molecule has 0 radical (unpaired) electrons. The molecular weight excluding hydrogens is 444 g/mol. The molecule has 0 heterocycles. The van der Waals surface area contributed by atoms with Gasteiger partial charge in [0.25, 0.3) is 0 Å². The van der Waals surface area contributed by atoms with Crippen molar-refractivity contribution in [1.82, 2.24) is 16.0 Å². The number of nitrogens with two attached hydrogens (primary N) is 1. The number of halogens is 1. The highest BCUT2D eigenvalue weighted by molar-refractivity contribution is 6.30. The van der Waals surface area contributed by atoms with Gasteiger partial charge < -0.3 is 26.8 Å². The maximum Gasteiger partial charge on any atom is 0.326 e. The average molecular weight is 481 g/mol. The minimum absolute atomic E-state index is 0.267. The number of amides is 3. The van der Waals surface area contributed by atoms with Crippen LogP contribution in [-0.2, 0) is 9.59 Å². The molecule has 8 nitrogen and oxygen atoms in total. The van der Waals surface area contributed by atoms with E-state index in [2.05, 4.69) is 16.0 Å². The van der Waals surface area contributed by atoms with E-state index in [4.69, 9.17) is 17.3 Å². The van der Waals surface area contributed by atoms with Crippen molar-refractivity contribution in [2.45, 2.75) is 82.8 Å². The summed E-state index contributed by atoms with van der Waals surface area (Å²) in [6.45, 7) is 2.34. The Morgan fingerprint density at radius 3 is 2.27 bits per heavy atom. The lowest BCUT2D eigenvalue weighted by molar-refractivity contribution is -0.139. The van der Waals surface area contributed by atoms with E-state index in [1.165, 1.54) is 6.42 Å². The molecule has 1 aliphatic rings. The molecule has 0 bridgehead atoms. The topological polar surface area (TPSA) is 134 Å². The van der Waals surface area contributed by atoms with E-state index in [1.54, 1.807) is 12.1 Å². The molecule has 9 heteroatoms. The molecule has 0 unspecified atom stereocenters. The van der Waals surface area contributed by atoms with Crippen LogP contribution >= 0.6 is 11.6 Å². The summed E-state index contributed by atoms with van der Waals surface area (Å²) < 4.78 is 0. The first kappa shape index (κ1) is 26.9. The van der Waals surface area contributed by atoms with E-state index in [0.717, 1.165) is 31.2 Å². The third-order valence-corrected chi connectivity index (χ3v) is 6.45. The summed E-state index contributed by atoms with van der Waals surface area (Å²) in [5.74, 6) is -1.04. The van der Waals surface area contributed by atoms with Gasteiger partial charge in [-0.2, -0.15) is 0 Å². The van der Waals surface area contributed by atoms with Gasteiger partial charge in [-0.05, 0) is 62.8 Å². The zero-order chi connectivity index (χ0) is 24.2. The van der Waals surface area contributed by atoms with Crippen molar-refractivity contribution in [3.05, 3.63) is 34.9 Å². The van der Waals surface area contributed by atoms with Crippen LogP contribution in [0, 0.1) is 5.92 Å². The second-order valence-corrected chi connectivity index (χ2v) is 9.30. The highest BCUT2D eigenvalue weighted by Gasteiger charge is 2.28. The Bertz CT molecular complexity index is 768. The van der Waals surface area contributed by atoms with Crippen molar-refractivity contribution < 1.29 is 19.5 Å². The fourth-order valence-corrected chi connectivity index (χ4v) is 4.37. The molecule has 2 rings (SSSR count). The molecule has 3 amide bonds. The summed E-state index contributed by atoms with van der Waals surface area (Å²) in [6.07, 6.45) is 7.57. The molecule has 3 atom stereocenters. The van der Waals surface area contributed by atoms with Crippen LogP contribution in [0.1, 0.15) is 76.3 Å². The molecule has 0 saturated heterocycles. The van der Waals surface area contributed by atoms with E-state index in [0.29, 0.717) is 36.7 Å². The van der Waals surface area contributed by atoms with Gasteiger partial charge in [-0.15, -0.1) is 0 Å². The minimum atomic E-state index is -1.10. The van der Waals surface area contributed by atoms with Gasteiger partial charge in [0.2, 0.25) is 5.91 Å². The first-order valence-corrected chi connectivity index (χ1v) is 12.2. The number of rotatable bonds is 12. The second-order valence-electron chi connectivity index (χ2n) is 8.87. The summed E-state index contributed by atoms with van der Waals surface area (Å²) in [4.78, 5) is 37.3. The Morgan fingerprint density at radius 2 is 1.67 bits per heavy atom. The Labute approximate surface area is 201 Å². The highest BCUT2D eigenvalue weighted by atomic mass is 35.5.